The summed E-state index contributed by atoms with van der Waals surface area (Å²) in [7, 11) is 0. The van der Waals surface area contributed by atoms with Crippen LogP contribution in [-0.4, -0.2) is 49.8 Å². The molecule has 3 heteroatoms. The van der Waals surface area contributed by atoms with Crippen molar-refractivity contribution in [3.05, 3.63) is 0 Å². The van der Waals surface area contributed by atoms with E-state index in [1.165, 1.54) is 83.8 Å². The monoisotopic (exact) mass is 320 g/mol. The Bertz CT molecular complexity index is 351. The Hall–Kier alpha value is -0.120. The lowest BCUT2D eigenvalue weighted by molar-refractivity contribution is 0.136. The lowest BCUT2D eigenvalue weighted by atomic mass is 9.81. The third-order valence-electron chi connectivity index (χ3n) is 6.84. The fourth-order valence-electron chi connectivity index (χ4n) is 5.25. The van der Waals surface area contributed by atoms with Gasteiger partial charge in [-0.3, -0.25) is 0 Å². The highest BCUT2D eigenvalue weighted by Gasteiger charge is 2.38. The zero-order chi connectivity index (χ0) is 15.5. The molecule has 0 unspecified atom stereocenters. The number of rotatable bonds is 6. The minimum Gasteiger partial charge on any atom is -0.381 e. The molecule has 2 saturated carbocycles. The minimum atomic E-state index is 0.790. The van der Waals surface area contributed by atoms with E-state index >= 15 is 0 Å². The molecule has 2 atom stereocenters. The molecule has 132 valence electrons. The highest BCUT2D eigenvalue weighted by Crippen LogP contribution is 2.40. The molecule has 4 aliphatic rings. The molecule has 0 radical (unpaired) electrons. The van der Waals surface area contributed by atoms with Gasteiger partial charge in [-0.1, -0.05) is 19.3 Å². The van der Waals surface area contributed by atoms with Gasteiger partial charge < -0.3 is 15.0 Å². The van der Waals surface area contributed by atoms with Crippen LogP contribution in [0.25, 0.3) is 0 Å². The first kappa shape index (κ1) is 16.4. The number of nitrogens with one attached hydrogen (secondary N) is 1. The molecule has 0 aromatic carbocycles. The van der Waals surface area contributed by atoms with Gasteiger partial charge in [-0.2, -0.15) is 0 Å². The SMILES string of the molecule is C1CCC([C@@H](NC2CCN(C[C@@H]3CCOC3)CC2)C2CC2)CC1. The highest BCUT2D eigenvalue weighted by molar-refractivity contribution is 4.94. The Balaban J connectivity index is 1.22. The number of likely N-dealkylation sites (tertiary alicyclic amines) is 1. The second-order valence-electron chi connectivity index (χ2n) is 8.73. The summed E-state index contributed by atoms with van der Waals surface area (Å²) in [5.41, 5.74) is 0. The van der Waals surface area contributed by atoms with Crippen LogP contribution in [0.15, 0.2) is 0 Å². The van der Waals surface area contributed by atoms with Crippen LogP contribution in [0, 0.1) is 17.8 Å². The quantitative estimate of drug-likeness (QED) is 0.811. The van der Waals surface area contributed by atoms with Gasteiger partial charge in [0.05, 0.1) is 6.61 Å². The normalized spacial score (nSPS) is 33.1. The first-order chi connectivity index (χ1) is 11.4. The Labute approximate surface area is 142 Å². The summed E-state index contributed by atoms with van der Waals surface area (Å²) >= 11 is 0. The molecule has 0 aromatic heterocycles. The molecule has 2 heterocycles. The maximum atomic E-state index is 5.53. The van der Waals surface area contributed by atoms with Crippen LogP contribution in [0.5, 0.6) is 0 Å². The molecular weight excluding hydrogens is 284 g/mol. The van der Waals surface area contributed by atoms with Crippen molar-refractivity contribution in [2.75, 3.05) is 32.8 Å². The summed E-state index contributed by atoms with van der Waals surface area (Å²) in [5.74, 6) is 2.82. The first-order valence-electron chi connectivity index (χ1n) is 10.4. The second kappa shape index (κ2) is 7.84. The highest BCUT2D eigenvalue weighted by atomic mass is 16.5. The summed E-state index contributed by atoms with van der Waals surface area (Å²) in [6.07, 6.45) is 14.4. The molecule has 23 heavy (non-hydrogen) atoms. The zero-order valence-electron chi connectivity index (χ0n) is 14.8. The molecule has 2 aliphatic carbocycles. The van der Waals surface area contributed by atoms with Gasteiger partial charge in [0, 0.05) is 25.2 Å². The van der Waals surface area contributed by atoms with Crippen LogP contribution in [-0.2, 0) is 4.74 Å². The van der Waals surface area contributed by atoms with Gasteiger partial charge in [0.2, 0.25) is 0 Å². The third kappa shape index (κ3) is 4.49. The van der Waals surface area contributed by atoms with Gasteiger partial charge in [0.25, 0.3) is 0 Å². The Morgan fingerprint density at radius 1 is 0.870 bits per heavy atom. The predicted molar refractivity (Wildman–Crippen MR) is 94.6 cm³/mol. The molecule has 0 spiro atoms. The van der Waals surface area contributed by atoms with Crippen molar-refractivity contribution in [3.8, 4) is 0 Å². The summed E-state index contributed by atoms with van der Waals surface area (Å²) in [6, 6.07) is 1.65. The molecule has 2 saturated heterocycles. The maximum absolute atomic E-state index is 5.53. The van der Waals surface area contributed by atoms with Crippen LogP contribution in [0.4, 0.5) is 0 Å². The standard InChI is InChI=1S/C20H36N2O/c1-2-4-17(5-3-1)20(18-6-7-18)21-19-8-11-22(12-9-19)14-16-10-13-23-15-16/h16-21H,1-15H2/t16-,20+/m0/s1. The van der Waals surface area contributed by atoms with Gasteiger partial charge >= 0.3 is 0 Å². The van der Waals surface area contributed by atoms with E-state index in [9.17, 15) is 0 Å². The van der Waals surface area contributed by atoms with Gasteiger partial charge in [0.15, 0.2) is 0 Å². The molecule has 0 bridgehead atoms. The van der Waals surface area contributed by atoms with E-state index < -0.39 is 0 Å². The number of hydrogen-bond acceptors (Lipinski definition) is 3. The predicted octanol–water partition coefficient (Wildman–Crippen LogP) is 3.44. The van der Waals surface area contributed by atoms with E-state index in [4.69, 9.17) is 4.74 Å². The molecule has 3 nitrogen and oxygen atoms in total. The average molecular weight is 321 g/mol. The average Bonchev–Trinajstić information content (AvgIpc) is 3.32. The van der Waals surface area contributed by atoms with Crippen LogP contribution >= 0.6 is 0 Å². The van der Waals surface area contributed by atoms with Crippen LogP contribution in [0.1, 0.15) is 64.2 Å². The first-order valence-corrected chi connectivity index (χ1v) is 10.4. The van der Waals surface area contributed by atoms with Crippen molar-refractivity contribution < 1.29 is 4.74 Å². The number of nitrogens with zero attached hydrogens (tertiary/aromatic N) is 1. The zero-order valence-corrected chi connectivity index (χ0v) is 14.8. The van der Waals surface area contributed by atoms with Crippen molar-refractivity contribution in [1.82, 2.24) is 10.2 Å². The minimum absolute atomic E-state index is 0.790. The Morgan fingerprint density at radius 3 is 2.26 bits per heavy atom. The summed E-state index contributed by atoms with van der Waals surface area (Å²) in [6.45, 7) is 5.88. The van der Waals surface area contributed by atoms with Crippen molar-refractivity contribution in [2.24, 2.45) is 17.8 Å². The smallest absolute Gasteiger partial charge is 0.0507 e. The number of hydrogen-bond donors (Lipinski definition) is 1. The largest absolute Gasteiger partial charge is 0.381 e. The topological polar surface area (TPSA) is 24.5 Å². The van der Waals surface area contributed by atoms with E-state index in [1.54, 1.807) is 0 Å². The number of piperidine rings is 1. The third-order valence-corrected chi connectivity index (χ3v) is 6.84. The lowest BCUT2D eigenvalue weighted by Gasteiger charge is -2.38. The van der Waals surface area contributed by atoms with Crippen LogP contribution in [0.3, 0.4) is 0 Å². The molecule has 1 N–H and O–H groups in total. The molecule has 0 aromatic rings. The van der Waals surface area contributed by atoms with E-state index in [0.29, 0.717) is 0 Å². The molecule has 0 amide bonds. The van der Waals surface area contributed by atoms with Gasteiger partial charge in [-0.15, -0.1) is 0 Å². The molecule has 2 aliphatic heterocycles. The summed E-state index contributed by atoms with van der Waals surface area (Å²) in [5, 5.41) is 4.15. The van der Waals surface area contributed by atoms with E-state index in [1.807, 2.05) is 0 Å². The summed E-state index contributed by atoms with van der Waals surface area (Å²) in [4.78, 5) is 2.70. The molecule has 4 fully saturated rings. The maximum Gasteiger partial charge on any atom is 0.0507 e. The Kier molecular flexibility index (Phi) is 5.58. The molecular formula is C20H36N2O. The van der Waals surface area contributed by atoms with Gasteiger partial charge in [-0.05, 0) is 75.8 Å². The van der Waals surface area contributed by atoms with Crippen LogP contribution < -0.4 is 5.32 Å². The number of ether oxygens (including phenoxy) is 1. The van der Waals surface area contributed by atoms with Crippen molar-refractivity contribution in [3.63, 3.8) is 0 Å². The van der Waals surface area contributed by atoms with Crippen molar-refractivity contribution >= 4 is 0 Å². The Morgan fingerprint density at radius 2 is 1.61 bits per heavy atom. The fourth-order valence-corrected chi connectivity index (χ4v) is 5.25. The van der Waals surface area contributed by atoms with E-state index in [2.05, 4.69) is 10.2 Å². The lowest BCUT2D eigenvalue weighted by Crippen LogP contribution is -2.50. The van der Waals surface area contributed by atoms with Crippen molar-refractivity contribution in [2.45, 2.75) is 76.3 Å². The van der Waals surface area contributed by atoms with E-state index in [0.717, 1.165) is 43.1 Å². The van der Waals surface area contributed by atoms with Crippen LogP contribution in [0.2, 0.25) is 0 Å². The van der Waals surface area contributed by atoms with Gasteiger partial charge in [0.1, 0.15) is 0 Å². The second-order valence-corrected chi connectivity index (χ2v) is 8.73. The van der Waals surface area contributed by atoms with Crippen molar-refractivity contribution in [1.29, 1.82) is 0 Å². The fraction of sp³-hybridized carbons (Fsp3) is 1.00. The molecule has 4 rings (SSSR count). The van der Waals surface area contributed by atoms with Gasteiger partial charge in [-0.25, -0.2) is 0 Å². The summed E-state index contributed by atoms with van der Waals surface area (Å²) < 4.78 is 5.53. The van der Waals surface area contributed by atoms with E-state index in [-0.39, 0.29) is 0 Å².